The van der Waals surface area contributed by atoms with Gasteiger partial charge in [0.15, 0.2) is 12.0 Å². The SMILES string of the molecule is C[C@]12CCCCC1C(=O)C[C@@H]1[C@@H]2CC[C@]2(C)C(=O)[C@H](F)C[C@@H]12. The first-order chi connectivity index (χ1) is 10.4. The summed E-state index contributed by atoms with van der Waals surface area (Å²) < 4.78 is 14.1. The van der Waals surface area contributed by atoms with Crippen LogP contribution < -0.4 is 0 Å². The first kappa shape index (κ1) is 14.8. The number of hydrogen-bond acceptors (Lipinski definition) is 2. The molecule has 0 spiro atoms. The molecule has 4 aliphatic rings. The molecule has 0 aliphatic heterocycles. The molecule has 0 heterocycles. The molecule has 0 aromatic rings. The van der Waals surface area contributed by atoms with Crippen molar-refractivity contribution >= 4 is 11.6 Å². The predicted octanol–water partition coefficient (Wildman–Crippen LogP) is 4.12. The second-order valence-corrected chi connectivity index (χ2v) is 8.88. The fraction of sp³-hybridized carbons (Fsp3) is 0.895. The quantitative estimate of drug-likeness (QED) is 0.675. The van der Waals surface area contributed by atoms with E-state index in [4.69, 9.17) is 0 Å². The molecule has 0 aromatic carbocycles. The van der Waals surface area contributed by atoms with Gasteiger partial charge in [-0.2, -0.15) is 0 Å². The van der Waals surface area contributed by atoms with Crippen LogP contribution in [-0.2, 0) is 9.59 Å². The fourth-order valence-electron chi connectivity index (χ4n) is 6.85. The lowest BCUT2D eigenvalue weighted by atomic mass is 9.45. The Hall–Kier alpha value is -0.730. The summed E-state index contributed by atoms with van der Waals surface area (Å²) in [5, 5.41) is 0. The molecule has 1 unspecified atom stereocenters. The molecule has 7 atom stereocenters. The van der Waals surface area contributed by atoms with Crippen LogP contribution in [0.3, 0.4) is 0 Å². The zero-order chi connectivity index (χ0) is 15.7. The van der Waals surface area contributed by atoms with E-state index in [1.54, 1.807) is 0 Å². The zero-order valence-corrected chi connectivity index (χ0v) is 13.7. The van der Waals surface area contributed by atoms with Crippen LogP contribution in [0.1, 0.15) is 65.2 Å². The summed E-state index contributed by atoms with van der Waals surface area (Å²) in [7, 11) is 0. The van der Waals surface area contributed by atoms with E-state index < -0.39 is 11.6 Å². The summed E-state index contributed by atoms with van der Waals surface area (Å²) in [6.45, 7) is 4.29. The highest BCUT2D eigenvalue weighted by atomic mass is 19.1. The maximum atomic E-state index is 14.1. The van der Waals surface area contributed by atoms with Crippen LogP contribution in [0.25, 0.3) is 0 Å². The Bertz CT molecular complexity index is 530. The van der Waals surface area contributed by atoms with Gasteiger partial charge in [0.05, 0.1) is 0 Å². The van der Waals surface area contributed by atoms with Gasteiger partial charge in [-0.25, -0.2) is 4.39 Å². The van der Waals surface area contributed by atoms with Gasteiger partial charge in [0.2, 0.25) is 0 Å². The van der Waals surface area contributed by atoms with Crippen molar-refractivity contribution in [3.63, 3.8) is 0 Å². The van der Waals surface area contributed by atoms with Gasteiger partial charge in [0, 0.05) is 17.8 Å². The van der Waals surface area contributed by atoms with Crippen molar-refractivity contribution in [3.05, 3.63) is 0 Å². The van der Waals surface area contributed by atoms with Gasteiger partial charge < -0.3 is 0 Å². The van der Waals surface area contributed by atoms with E-state index in [0.717, 1.165) is 25.7 Å². The number of halogens is 1. The number of carbonyl (C=O) groups excluding carboxylic acids is 2. The molecule has 0 aromatic heterocycles. The highest BCUT2D eigenvalue weighted by molar-refractivity contribution is 5.91. The lowest BCUT2D eigenvalue weighted by Gasteiger charge is -2.58. The van der Waals surface area contributed by atoms with Gasteiger partial charge in [-0.1, -0.05) is 26.7 Å². The van der Waals surface area contributed by atoms with Crippen molar-refractivity contribution in [1.29, 1.82) is 0 Å². The van der Waals surface area contributed by atoms with Gasteiger partial charge in [-0.3, -0.25) is 9.59 Å². The monoisotopic (exact) mass is 306 g/mol. The van der Waals surface area contributed by atoms with E-state index in [0.29, 0.717) is 24.5 Å². The molecule has 3 heteroatoms. The molecule has 0 radical (unpaired) electrons. The van der Waals surface area contributed by atoms with Gasteiger partial charge in [0.25, 0.3) is 0 Å². The molecule has 0 amide bonds. The Morgan fingerprint density at radius 3 is 2.59 bits per heavy atom. The van der Waals surface area contributed by atoms with Gasteiger partial charge in [-0.15, -0.1) is 0 Å². The molecule has 0 N–H and O–H groups in total. The van der Waals surface area contributed by atoms with E-state index in [2.05, 4.69) is 6.92 Å². The van der Waals surface area contributed by atoms with Gasteiger partial charge in [-0.05, 0) is 55.3 Å². The van der Waals surface area contributed by atoms with Crippen molar-refractivity contribution in [3.8, 4) is 0 Å². The van der Waals surface area contributed by atoms with Crippen molar-refractivity contribution in [2.75, 3.05) is 0 Å². The van der Waals surface area contributed by atoms with Crippen LogP contribution in [0, 0.1) is 34.5 Å². The number of hydrogen-bond donors (Lipinski definition) is 0. The van der Waals surface area contributed by atoms with Gasteiger partial charge in [0.1, 0.15) is 5.78 Å². The van der Waals surface area contributed by atoms with Crippen LogP contribution in [0.15, 0.2) is 0 Å². The van der Waals surface area contributed by atoms with E-state index in [1.807, 2.05) is 6.92 Å². The average molecular weight is 306 g/mol. The van der Waals surface area contributed by atoms with Crippen LogP contribution in [0.2, 0.25) is 0 Å². The standard InChI is InChI=1S/C19H27FO2/c1-18-7-4-3-5-13(18)16(21)9-11-12(18)6-8-19(2)14(11)10-15(20)17(19)22/h11-15H,3-10H2,1-2H3/t11-,12+,13?,14+,15-,18-,19+/m1/s1. The minimum atomic E-state index is -1.29. The van der Waals surface area contributed by atoms with Crippen molar-refractivity contribution in [1.82, 2.24) is 0 Å². The highest BCUT2D eigenvalue weighted by Crippen LogP contribution is 2.64. The third-order valence-electron chi connectivity index (χ3n) is 8.06. The molecule has 0 saturated heterocycles. The summed E-state index contributed by atoms with van der Waals surface area (Å²) in [5.41, 5.74) is -0.393. The minimum absolute atomic E-state index is 0.0948. The zero-order valence-electron chi connectivity index (χ0n) is 13.7. The number of carbonyl (C=O) groups is 2. The van der Waals surface area contributed by atoms with Gasteiger partial charge >= 0.3 is 0 Å². The lowest BCUT2D eigenvalue weighted by molar-refractivity contribution is -0.155. The van der Waals surface area contributed by atoms with E-state index >= 15 is 0 Å². The lowest BCUT2D eigenvalue weighted by Crippen LogP contribution is -2.55. The summed E-state index contributed by atoms with van der Waals surface area (Å²) in [6.07, 6.45) is 6.10. The molecule has 122 valence electrons. The molecule has 4 aliphatic carbocycles. The van der Waals surface area contributed by atoms with Crippen LogP contribution in [-0.4, -0.2) is 17.7 Å². The molecule has 4 fully saturated rings. The Morgan fingerprint density at radius 1 is 1.05 bits per heavy atom. The van der Waals surface area contributed by atoms with Crippen LogP contribution >= 0.6 is 0 Å². The smallest absolute Gasteiger partial charge is 0.173 e. The van der Waals surface area contributed by atoms with E-state index in [-0.39, 0.29) is 29.0 Å². The third-order valence-corrected chi connectivity index (χ3v) is 8.06. The Labute approximate surface area is 132 Å². The number of fused-ring (bicyclic) bond motifs is 5. The largest absolute Gasteiger partial charge is 0.299 e. The number of ketones is 2. The molecule has 22 heavy (non-hydrogen) atoms. The Kier molecular flexibility index (Phi) is 3.13. The van der Waals surface area contributed by atoms with Crippen molar-refractivity contribution < 1.29 is 14.0 Å². The van der Waals surface area contributed by atoms with Crippen molar-refractivity contribution in [2.24, 2.45) is 34.5 Å². The van der Waals surface area contributed by atoms with Crippen molar-refractivity contribution in [2.45, 2.75) is 71.4 Å². The molecular weight excluding hydrogens is 279 g/mol. The maximum Gasteiger partial charge on any atom is 0.173 e. The first-order valence-electron chi connectivity index (χ1n) is 9.09. The van der Waals surface area contributed by atoms with Crippen LogP contribution in [0.5, 0.6) is 0 Å². The average Bonchev–Trinajstić information content (AvgIpc) is 2.71. The number of Topliss-reactive ketones (excluding diaryl/α,β-unsaturated/α-hetero) is 2. The minimum Gasteiger partial charge on any atom is -0.299 e. The second-order valence-electron chi connectivity index (χ2n) is 8.88. The second kappa shape index (κ2) is 4.64. The normalized spacial score (nSPS) is 54.6. The molecular formula is C19H27FO2. The number of alkyl halides is 1. The highest BCUT2D eigenvalue weighted by Gasteiger charge is 2.63. The molecule has 0 bridgehead atoms. The third kappa shape index (κ3) is 1.71. The summed E-state index contributed by atoms with van der Waals surface area (Å²) in [5.74, 6) is 1.31. The van der Waals surface area contributed by atoms with E-state index in [9.17, 15) is 14.0 Å². The molecule has 2 nitrogen and oxygen atoms in total. The van der Waals surface area contributed by atoms with E-state index in [1.165, 1.54) is 12.8 Å². The Balaban J connectivity index is 1.71. The summed E-state index contributed by atoms with van der Waals surface area (Å²) in [6, 6.07) is 0. The van der Waals surface area contributed by atoms with Crippen LogP contribution in [0.4, 0.5) is 4.39 Å². The maximum absolute atomic E-state index is 14.1. The number of rotatable bonds is 0. The predicted molar refractivity (Wildman–Crippen MR) is 82.0 cm³/mol. The molecule has 4 saturated carbocycles. The summed E-state index contributed by atoms with van der Waals surface area (Å²) >= 11 is 0. The first-order valence-corrected chi connectivity index (χ1v) is 9.09. The topological polar surface area (TPSA) is 34.1 Å². The molecule has 4 rings (SSSR count). The Morgan fingerprint density at radius 2 is 1.82 bits per heavy atom. The summed E-state index contributed by atoms with van der Waals surface area (Å²) in [4.78, 5) is 25.1. The fourth-order valence-corrected chi connectivity index (χ4v) is 6.85.